The molecule has 2 heterocycles. The van der Waals surface area contributed by atoms with Crippen LogP contribution in [-0.2, 0) is 4.74 Å². The second-order valence-electron chi connectivity index (χ2n) is 6.58. The third kappa shape index (κ3) is 3.58. The summed E-state index contributed by atoms with van der Waals surface area (Å²) >= 11 is 0. The Morgan fingerprint density at radius 2 is 1.92 bits per heavy atom. The minimum atomic E-state index is -0.125. The Kier molecular flexibility index (Phi) is 5.43. The van der Waals surface area contributed by atoms with E-state index in [1.807, 2.05) is 24.3 Å². The molecule has 4 rings (SSSR count). The zero-order valence-corrected chi connectivity index (χ0v) is 14.8. The predicted molar refractivity (Wildman–Crippen MR) is 94.5 cm³/mol. The zero-order chi connectivity index (χ0) is 17.0. The van der Waals surface area contributed by atoms with Crippen molar-refractivity contribution in [1.29, 1.82) is 0 Å². The van der Waals surface area contributed by atoms with Gasteiger partial charge in [-0.2, -0.15) is 0 Å². The second-order valence-corrected chi connectivity index (χ2v) is 6.58. The van der Waals surface area contributed by atoms with Crippen LogP contribution in [0.5, 0.6) is 11.5 Å². The van der Waals surface area contributed by atoms with Gasteiger partial charge in [-0.15, -0.1) is 0 Å². The molecule has 0 amide bonds. The summed E-state index contributed by atoms with van der Waals surface area (Å²) in [5.41, 5.74) is -0.125. The summed E-state index contributed by atoms with van der Waals surface area (Å²) in [6.07, 6.45) is 7.04. The fourth-order valence-electron chi connectivity index (χ4n) is 3.80. The molecule has 3 unspecified atom stereocenters. The van der Waals surface area contributed by atoms with Crippen molar-refractivity contribution in [2.24, 2.45) is 5.92 Å². The van der Waals surface area contributed by atoms with Crippen LogP contribution in [0.4, 0.5) is 0 Å². The van der Waals surface area contributed by atoms with Crippen molar-refractivity contribution in [3.63, 3.8) is 0 Å². The highest BCUT2D eigenvalue weighted by Crippen LogP contribution is 2.37. The molecule has 5 heteroatoms. The first-order chi connectivity index (χ1) is 11.7. The standard InChI is InChI=1S/C11H18N2O.C8H10O2/c1-13-6-3-9-2-4-11(8-10(9)13)12-5-7-14-11;1-9-7-5-3-4-6-8(7)10-2/h2,4,9-10,12H,3,5-8H2,1H3;3-6H,1-2H3. The van der Waals surface area contributed by atoms with Crippen molar-refractivity contribution in [2.75, 3.05) is 41.0 Å². The molecule has 132 valence electrons. The molecule has 1 aromatic rings. The van der Waals surface area contributed by atoms with Gasteiger partial charge in [0.25, 0.3) is 0 Å². The summed E-state index contributed by atoms with van der Waals surface area (Å²) in [6.45, 7) is 3.08. The van der Waals surface area contributed by atoms with E-state index < -0.39 is 0 Å². The maximum absolute atomic E-state index is 5.81. The van der Waals surface area contributed by atoms with Gasteiger partial charge in [-0.25, -0.2) is 0 Å². The van der Waals surface area contributed by atoms with Crippen LogP contribution in [0.2, 0.25) is 0 Å². The molecule has 1 aliphatic carbocycles. The van der Waals surface area contributed by atoms with Crippen LogP contribution < -0.4 is 14.8 Å². The average molecular weight is 332 g/mol. The number of benzene rings is 1. The fraction of sp³-hybridized carbons (Fsp3) is 0.579. The highest BCUT2D eigenvalue weighted by atomic mass is 16.5. The number of fused-ring (bicyclic) bond motifs is 1. The van der Waals surface area contributed by atoms with Gasteiger partial charge in [0.15, 0.2) is 11.5 Å². The molecule has 24 heavy (non-hydrogen) atoms. The highest BCUT2D eigenvalue weighted by Gasteiger charge is 2.43. The van der Waals surface area contributed by atoms with Crippen LogP contribution >= 0.6 is 0 Å². The summed E-state index contributed by atoms with van der Waals surface area (Å²) in [5.74, 6) is 2.30. The highest BCUT2D eigenvalue weighted by molar-refractivity contribution is 5.39. The number of hydrogen-bond acceptors (Lipinski definition) is 5. The van der Waals surface area contributed by atoms with Gasteiger partial charge in [0, 0.05) is 19.0 Å². The number of nitrogens with zero attached hydrogens (tertiary/aromatic N) is 1. The third-order valence-corrected chi connectivity index (χ3v) is 5.18. The molecule has 3 aliphatic rings. The SMILES string of the molecule is CN1CCC2C=CC3(CC21)NCCO3.COc1ccccc1OC. The van der Waals surface area contributed by atoms with E-state index in [1.165, 1.54) is 13.0 Å². The van der Waals surface area contributed by atoms with E-state index in [1.54, 1.807) is 14.2 Å². The molecule has 5 nitrogen and oxygen atoms in total. The lowest BCUT2D eigenvalue weighted by Gasteiger charge is -2.36. The van der Waals surface area contributed by atoms with Crippen LogP contribution in [-0.4, -0.2) is 57.6 Å². The molecule has 2 fully saturated rings. The van der Waals surface area contributed by atoms with E-state index in [0.29, 0.717) is 6.04 Å². The quantitative estimate of drug-likeness (QED) is 0.842. The average Bonchev–Trinajstić information content (AvgIpc) is 3.23. The number of para-hydroxylation sites is 2. The number of hydrogen-bond donors (Lipinski definition) is 1. The first kappa shape index (κ1) is 17.3. The van der Waals surface area contributed by atoms with E-state index >= 15 is 0 Å². The largest absolute Gasteiger partial charge is 0.493 e. The second kappa shape index (κ2) is 7.55. The van der Waals surface area contributed by atoms with Crippen molar-refractivity contribution < 1.29 is 14.2 Å². The molecule has 0 aromatic heterocycles. The van der Waals surface area contributed by atoms with Crippen LogP contribution in [0.1, 0.15) is 12.8 Å². The van der Waals surface area contributed by atoms with Gasteiger partial charge in [-0.05, 0) is 44.1 Å². The van der Waals surface area contributed by atoms with Gasteiger partial charge in [0.1, 0.15) is 5.72 Å². The van der Waals surface area contributed by atoms with Gasteiger partial charge in [0.05, 0.1) is 20.8 Å². The van der Waals surface area contributed by atoms with Crippen LogP contribution in [0.25, 0.3) is 0 Å². The molecule has 0 bridgehead atoms. The van der Waals surface area contributed by atoms with Crippen molar-refractivity contribution in [2.45, 2.75) is 24.6 Å². The Labute approximate surface area is 144 Å². The Hall–Kier alpha value is -1.56. The van der Waals surface area contributed by atoms with E-state index in [-0.39, 0.29) is 5.72 Å². The maximum Gasteiger partial charge on any atom is 0.160 e. The lowest BCUT2D eigenvalue weighted by Crippen LogP contribution is -2.48. The van der Waals surface area contributed by atoms with Crippen molar-refractivity contribution >= 4 is 0 Å². The molecule has 1 aromatic carbocycles. The molecule has 2 saturated heterocycles. The number of nitrogens with one attached hydrogen (secondary N) is 1. The van der Waals surface area contributed by atoms with Crippen molar-refractivity contribution in [1.82, 2.24) is 10.2 Å². The Bertz CT molecular complexity index is 546. The Morgan fingerprint density at radius 1 is 1.21 bits per heavy atom. The normalized spacial score (nSPS) is 31.5. The number of rotatable bonds is 2. The molecular formula is C19H28N2O3. The Balaban J connectivity index is 0.000000150. The Morgan fingerprint density at radius 3 is 2.50 bits per heavy atom. The molecular weight excluding hydrogens is 304 g/mol. The van der Waals surface area contributed by atoms with E-state index in [2.05, 4.69) is 29.4 Å². The molecule has 0 saturated carbocycles. The van der Waals surface area contributed by atoms with E-state index in [0.717, 1.165) is 37.0 Å². The first-order valence-electron chi connectivity index (χ1n) is 8.63. The topological polar surface area (TPSA) is 43.0 Å². The summed E-state index contributed by atoms with van der Waals surface area (Å²) in [5, 5.41) is 3.47. The molecule has 3 atom stereocenters. The third-order valence-electron chi connectivity index (χ3n) is 5.18. The number of methoxy groups -OCH3 is 2. The maximum atomic E-state index is 5.81. The lowest BCUT2D eigenvalue weighted by atomic mass is 9.86. The minimum Gasteiger partial charge on any atom is -0.493 e. The van der Waals surface area contributed by atoms with Gasteiger partial charge in [0.2, 0.25) is 0 Å². The number of ether oxygens (including phenoxy) is 3. The summed E-state index contributed by atoms with van der Waals surface area (Å²) in [7, 11) is 5.47. The van der Waals surface area contributed by atoms with Crippen LogP contribution in [0, 0.1) is 5.92 Å². The van der Waals surface area contributed by atoms with Gasteiger partial charge in [-0.3, -0.25) is 5.32 Å². The van der Waals surface area contributed by atoms with Crippen LogP contribution in [0.15, 0.2) is 36.4 Å². The molecule has 0 radical (unpaired) electrons. The van der Waals surface area contributed by atoms with E-state index in [4.69, 9.17) is 14.2 Å². The van der Waals surface area contributed by atoms with Crippen molar-refractivity contribution in [3.8, 4) is 11.5 Å². The first-order valence-corrected chi connectivity index (χ1v) is 8.63. The van der Waals surface area contributed by atoms with Gasteiger partial charge >= 0.3 is 0 Å². The summed E-state index contributed by atoms with van der Waals surface area (Å²) in [6, 6.07) is 8.21. The molecule has 1 N–H and O–H groups in total. The van der Waals surface area contributed by atoms with Gasteiger partial charge in [-0.1, -0.05) is 18.2 Å². The summed E-state index contributed by atoms with van der Waals surface area (Å²) < 4.78 is 15.8. The van der Waals surface area contributed by atoms with Gasteiger partial charge < -0.3 is 19.1 Å². The van der Waals surface area contributed by atoms with Crippen molar-refractivity contribution in [3.05, 3.63) is 36.4 Å². The van der Waals surface area contributed by atoms with Crippen LogP contribution in [0.3, 0.4) is 0 Å². The predicted octanol–water partition coefficient (Wildman–Crippen LogP) is 2.29. The minimum absolute atomic E-state index is 0.125. The lowest BCUT2D eigenvalue weighted by molar-refractivity contribution is -0.000786. The monoisotopic (exact) mass is 332 g/mol. The zero-order valence-electron chi connectivity index (χ0n) is 14.8. The smallest absolute Gasteiger partial charge is 0.160 e. The molecule has 1 spiro atoms. The number of likely N-dealkylation sites (tertiary alicyclic amines) is 1. The fourth-order valence-corrected chi connectivity index (χ4v) is 3.80. The van der Waals surface area contributed by atoms with E-state index in [9.17, 15) is 0 Å². The summed E-state index contributed by atoms with van der Waals surface area (Å²) in [4.78, 5) is 2.47. The molecule has 2 aliphatic heterocycles.